The van der Waals surface area contributed by atoms with Gasteiger partial charge in [-0.1, -0.05) is 28.9 Å². The Morgan fingerprint density at radius 2 is 1.67 bits per heavy atom. The summed E-state index contributed by atoms with van der Waals surface area (Å²) in [5.41, 5.74) is 0.341. The molecule has 3 aromatic carbocycles. The molecule has 0 bridgehead atoms. The highest BCUT2D eigenvalue weighted by molar-refractivity contribution is 6.33. The predicted molar refractivity (Wildman–Crippen MR) is 175 cm³/mol. The second-order valence-corrected chi connectivity index (χ2v) is 11.9. The second kappa shape index (κ2) is 13.5. The number of carbonyl (C=O) groups excluding carboxylic acids is 2. The van der Waals surface area contributed by atoms with Gasteiger partial charge < -0.3 is 29.3 Å². The fourth-order valence-electron chi connectivity index (χ4n) is 6.10. The molecule has 6 rings (SSSR count). The summed E-state index contributed by atoms with van der Waals surface area (Å²) >= 11 is 6.49. The molecule has 3 heterocycles. The van der Waals surface area contributed by atoms with Crippen LogP contribution in [0.4, 0.5) is 31.5 Å². The number of nitro groups is 1. The molecule has 2 amide bonds. The third-order valence-corrected chi connectivity index (χ3v) is 8.89. The van der Waals surface area contributed by atoms with E-state index < -0.39 is 33.7 Å². The molecule has 0 aliphatic carbocycles. The van der Waals surface area contributed by atoms with E-state index in [1.54, 1.807) is 41.0 Å². The van der Waals surface area contributed by atoms with Crippen molar-refractivity contribution in [2.75, 3.05) is 61.5 Å². The molecule has 1 N–H and O–H groups in total. The van der Waals surface area contributed by atoms with Crippen molar-refractivity contribution in [2.45, 2.75) is 19.8 Å². The molecule has 15 heteroatoms. The van der Waals surface area contributed by atoms with Crippen LogP contribution in [0.5, 0.6) is 5.75 Å². The van der Waals surface area contributed by atoms with E-state index in [1.165, 1.54) is 13.2 Å². The Balaban J connectivity index is 1.21. The van der Waals surface area contributed by atoms with Crippen LogP contribution < -0.4 is 19.9 Å². The van der Waals surface area contributed by atoms with Crippen LogP contribution in [0.3, 0.4) is 0 Å². The van der Waals surface area contributed by atoms with E-state index in [9.17, 15) is 24.1 Å². The number of aryl methyl sites for hydroxylation is 1. The maximum absolute atomic E-state index is 15.1. The lowest BCUT2D eigenvalue weighted by molar-refractivity contribution is -0.383. The van der Waals surface area contributed by atoms with Gasteiger partial charge in [0.1, 0.15) is 40.1 Å². The topological polar surface area (TPSA) is 134 Å². The van der Waals surface area contributed by atoms with E-state index in [2.05, 4.69) is 10.5 Å². The summed E-state index contributed by atoms with van der Waals surface area (Å²) in [5.74, 6) is -2.18. The predicted octanol–water partition coefficient (Wildman–Crippen LogP) is 6.31. The molecule has 0 atom stereocenters. The lowest BCUT2D eigenvalue weighted by atomic mass is 10.0. The summed E-state index contributed by atoms with van der Waals surface area (Å²) < 4.78 is 40.8. The Kier molecular flexibility index (Phi) is 9.18. The van der Waals surface area contributed by atoms with Crippen molar-refractivity contribution >= 4 is 46.2 Å². The normalized spacial score (nSPS) is 14.7. The first-order valence-electron chi connectivity index (χ1n) is 15.2. The zero-order valence-corrected chi connectivity index (χ0v) is 26.9. The Morgan fingerprint density at radius 3 is 2.35 bits per heavy atom. The van der Waals surface area contributed by atoms with Crippen LogP contribution in [-0.2, 0) is 0 Å². The van der Waals surface area contributed by atoms with E-state index in [0.717, 1.165) is 31.0 Å². The number of piperazine rings is 1. The number of hydrogen-bond acceptors (Lipinski definition) is 9. The largest absolute Gasteiger partial charge is 0.496 e. The van der Waals surface area contributed by atoms with Gasteiger partial charge in [0, 0.05) is 57.0 Å². The van der Waals surface area contributed by atoms with E-state index in [1.807, 2.05) is 4.90 Å². The second-order valence-electron chi connectivity index (χ2n) is 11.5. The molecule has 1 aromatic heterocycles. The third kappa shape index (κ3) is 6.22. The fraction of sp³-hybridized carbons (Fsp3) is 0.303. The maximum Gasteiger partial charge on any atom is 0.294 e. The molecule has 48 heavy (non-hydrogen) atoms. The van der Waals surface area contributed by atoms with Gasteiger partial charge in [-0.05, 0) is 44.0 Å². The van der Waals surface area contributed by atoms with Crippen LogP contribution in [0, 0.1) is 28.7 Å². The first-order chi connectivity index (χ1) is 23.1. The Morgan fingerprint density at radius 1 is 0.979 bits per heavy atom. The Hall–Kier alpha value is -5.24. The number of anilines is 3. The van der Waals surface area contributed by atoms with Gasteiger partial charge in [0.05, 0.1) is 34.0 Å². The Labute approximate surface area is 278 Å². The Bertz CT molecular complexity index is 1910. The molecule has 250 valence electrons. The molecule has 12 nitrogen and oxygen atoms in total. The van der Waals surface area contributed by atoms with Crippen LogP contribution in [0.2, 0.25) is 5.02 Å². The van der Waals surface area contributed by atoms with E-state index in [4.69, 9.17) is 20.9 Å². The standard InChI is InChI=1S/C33H31ClF2N6O6/c1-19-30(31(38-48-19)20-7-3-4-8-29(20)47-2)33(44)41-13-11-40(12-14-41)26-18-25(28(42(45)46)16-22(26)34)37-32(43)21-15-24(36)27(17-23(21)35)39-9-5-6-10-39/h3-4,7-8,15-18H,5-6,9-14H2,1-2H3,(H,37,43). The number of nitro benzene ring substituents is 1. The number of nitrogens with one attached hydrogen (secondary N) is 1. The molecule has 2 saturated heterocycles. The van der Waals surface area contributed by atoms with Gasteiger partial charge in [-0.15, -0.1) is 0 Å². The van der Waals surface area contributed by atoms with Crippen molar-refractivity contribution in [2.24, 2.45) is 0 Å². The highest BCUT2D eigenvalue weighted by atomic mass is 35.5. The van der Waals surface area contributed by atoms with E-state index in [-0.39, 0.29) is 35.4 Å². The molecule has 0 spiro atoms. The lowest BCUT2D eigenvalue weighted by Gasteiger charge is -2.36. The summed E-state index contributed by atoms with van der Waals surface area (Å²) in [6.07, 6.45) is 1.70. The zero-order valence-electron chi connectivity index (χ0n) is 26.1. The van der Waals surface area contributed by atoms with Crippen LogP contribution in [0.15, 0.2) is 53.1 Å². The molecular weight excluding hydrogens is 650 g/mol. The van der Waals surface area contributed by atoms with Gasteiger partial charge in [-0.2, -0.15) is 0 Å². The summed E-state index contributed by atoms with van der Waals surface area (Å²) in [5, 5.41) is 18.4. The van der Waals surface area contributed by atoms with Gasteiger partial charge >= 0.3 is 0 Å². The van der Waals surface area contributed by atoms with E-state index in [0.29, 0.717) is 60.2 Å². The van der Waals surface area contributed by atoms with E-state index >= 15 is 4.39 Å². The summed E-state index contributed by atoms with van der Waals surface area (Å²) in [6, 6.07) is 11.3. The van der Waals surface area contributed by atoms with Gasteiger partial charge in [-0.25, -0.2) is 8.78 Å². The van der Waals surface area contributed by atoms with Crippen molar-refractivity contribution in [3.05, 3.63) is 92.2 Å². The lowest BCUT2D eigenvalue weighted by Crippen LogP contribution is -2.49. The van der Waals surface area contributed by atoms with Crippen molar-refractivity contribution in [3.8, 4) is 17.0 Å². The third-order valence-electron chi connectivity index (χ3n) is 8.58. The number of hydrogen-bond donors (Lipinski definition) is 1. The number of halogens is 3. The van der Waals surface area contributed by atoms with Crippen molar-refractivity contribution < 1.29 is 32.6 Å². The first kappa shape index (κ1) is 32.7. The van der Waals surface area contributed by atoms with Crippen LogP contribution in [0.25, 0.3) is 11.3 Å². The smallest absolute Gasteiger partial charge is 0.294 e. The van der Waals surface area contributed by atoms with Crippen LogP contribution >= 0.6 is 11.6 Å². The summed E-state index contributed by atoms with van der Waals surface area (Å²) in [7, 11) is 1.53. The number of methoxy groups -OCH3 is 1. The van der Waals surface area contributed by atoms with Gasteiger partial charge in [-0.3, -0.25) is 19.7 Å². The van der Waals surface area contributed by atoms with Gasteiger partial charge in [0.25, 0.3) is 17.5 Å². The SMILES string of the molecule is COc1ccccc1-c1noc(C)c1C(=O)N1CCN(c2cc(NC(=O)c3cc(F)c(N4CCCC4)cc3F)c([N+](=O)[O-])cc2Cl)CC1. The average molecular weight is 681 g/mol. The van der Waals surface area contributed by atoms with Crippen LogP contribution in [-0.4, -0.2) is 73.2 Å². The minimum atomic E-state index is -1.05. The average Bonchev–Trinajstić information content (AvgIpc) is 3.76. The fourth-order valence-corrected chi connectivity index (χ4v) is 6.38. The monoisotopic (exact) mass is 680 g/mol. The minimum absolute atomic E-state index is 0.0417. The molecule has 0 unspecified atom stereocenters. The van der Waals surface area contributed by atoms with Crippen LogP contribution in [0.1, 0.15) is 39.3 Å². The molecule has 2 aliphatic heterocycles. The van der Waals surface area contributed by atoms with Crippen molar-refractivity contribution in [1.29, 1.82) is 0 Å². The summed E-state index contributed by atoms with van der Waals surface area (Å²) in [4.78, 5) is 43.2. The number of benzene rings is 3. The molecular formula is C33H31ClF2N6O6. The quantitative estimate of drug-likeness (QED) is 0.168. The minimum Gasteiger partial charge on any atom is -0.496 e. The number of carbonyl (C=O) groups is 2. The molecule has 2 aliphatic rings. The number of rotatable bonds is 8. The molecule has 4 aromatic rings. The van der Waals surface area contributed by atoms with Crippen molar-refractivity contribution in [1.82, 2.24) is 10.1 Å². The number of aromatic nitrogens is 1. The molecule has 0 radical (unpaired) electrons. The summed E-state index contributed by atoms with van der Waals surface area (Å²) in [6.45, 7) is 3.92. The first-order valence-corrected chi connectivity index (χ1v) is 15.6. The van der Waals surface area contributed by atoms with Gasteiger partial charge in [0.2, 0.25) is 0 Å². The maximum atomic E-state index is 15.1. The number of amides is 2. The zero-order chi connectivity index (χ0) is 34.1. The molecule has 2 fully saturated rings. The highest BCUT2D eigenvalue weighted by Gasteiger charge is 2.31. The van der Waals surface area contributed by atoms with Gasteiger partial charge in [0.15, 0.2) is 0 Å². The van der Waals surface area contributed by atoms with Crippen molar-refractivity contribution in [3.63, 3.8) is 0 Å². The number of nitrogens with zero attached hydrogens (tertiary/aromatic N) is 5. The number of para-hydroxylation sites is 1. The molecule has 0 saturated carbocycles. The number of ether oxygens (including phenoxy) is 1. The highest BCUT2D eigenvalue weighted by Crippen LogP contribution is 2.38.